The minimum Gasteiger partial charge on any atom is -0.364 e. The second-order valence-electron chi connectivity index (χ2n) is 5.21. The molecule has 2 aromatic heterocycles. The Morgan fingerprint density at radius 1 is 1.14 bits per heavy atom. The number of aryl methyl sites for hydroxylation is 1. The standard InChI is InChI=1S/C15H14N4O2/c1-9-4-2-3-5-11(9)14-17-15(21-19-14)12-8-20-18-13(12)10-6-16-7-10/h2-5,8,10,16H,6-7H2,1H3. The molecule has 1 aromatic carbocycles. The van der Waals surface area contributed by atoms with Gasteiger partial charge in [-0.15, -0.1) is 0 Å². The monoisotopic (exact) mass is 282 g/mol. The van der Waals surface area contributed by atoms with Gasteiger partial charge in [-0.05, 0) is 12.5 Å². The third-order valence-electron chi connectivity index (χ3n) is 3.81. The Hall–Kier alpha value is -2.47. The summed E-state index contributed by atoms with van der Waals surface area (Å²) in [4.78, 5) is 4.49. The van der Waals surface area contributed by atoms with E-state index in [9.17, 15) is 0 Å². The summed E-state index contributed by atoms with van der Waals surface area (Å²) < 4.78 is 10.5. The van der Waals surface area contributed by atoms with Crippen LogP contribution in [0.4, 0.5) is 0 Å². The maximum atomic E-state index is 5.40. The summed E-state index contributed by atoms with van der Waals surface area (Å²) in [5.41, 5.74) is 3.75. The highest BCUT2D eigenvalue weighted by molar-refractivity contribution is 5.63. The second kappa shape index (κ2) is 4.82. The molecular formula is C15H14N4O2. The molecule has 4 rings (SSSR count). The topological polar surface area (TPSA) is 77.0 Å². The Bertz CT molecular complexity index is 773. The summed E-state index contributed by atoms with van der Waals surface area (Å²) >= 11 is 0. The molecule has 1 saturated heterocycles. The van der Waals surface area contributed by atoms with Crippen molar-refractivity contribution in [3.63, 3.8) is 0 Å². The van der Waals surface area contributed by atoms with E-state index in [0.717, 1.165) is 35.5 Å². The van der Waals surface area contributed by atoms with E-state index in [-0.39, 0.29) is 0 Å². The summed E-state index contributed by atoms with van der Waals surface area (Å²) in [5.74, 6) is 1.39. The van der Waals surface area contributed by atoms with Crippen LogP contribution < -0.4 is 5.32 Å². The number of hydrogen-bond acceptors (Lipinski definition) is 6. The van der Waals surface area contributed by atoms with E-state index in [2.05, 4.69) is 20.6 Å². The summed E-state index contributed by atoms with van der Waals surface area (Å²) in [6.07, 6.45) is 1.57. The Morgan fingerprint density at radius 2 is 2.00 bits per heavy atom. The van der Waals surface area contributed by atoms with E-state index in [4.69, 9.17) is 9.05 Å². The van der Waals surface area contributed by atoms with Gasteiger partial charge < -0.3 is 14.4 Å². The molecule has 0 aliphatic carbocycles. The molecule has 21 heavy (non-hydrogen) atoms. The lowest BCUT2D eigenvalue weighted by Crippen LogP contribution is -2.40. The van der Waals surface area contributed by atoms with Gasteiger partial charge >= 0.3 is 0 Å². The molecule has 1 fully saturated rings. The van der Waals surface area contributed by atoms with E-state index in [0.29, 0.717) is 17.6 Å². The summed E-state index contributed by atoms with van der Waals surface area (Å²) in [5, 5.41) is 11.4. The van der Waals surface area contributed by atoms with Gasteiger partial charge in [0.1, 0.15) is 17.5 Å². The molecular weight excluding hydrogens is 268 g/mol. The van der Waals surface area contributed by atoms with Crippen molar-refractivity contribution in [1.82, 2.24) is 20.6 Å². The molecule has 0 spiro atoms. The third kappa shape index (κ3) is 2.04. The van der Waals surface area contributed by atoms with Gasteiger partial charge in [0, 0.05) is 24.6 Å². The maximum Gasteiger partial charge on any atom is 0.263 e. The first-order chi connectivity index (χ1) is 10.3. The maximum absolute atomic E-state index is 5.40. The second-order valence-corrected chi connectivity index (χ2v) is 5.21. The van der Waals surface area contributed by atoms with Gasteiger partial charge in [0.25, 0.3) is 5.89 Å². The van der Waals surface area contributed by atoms with Crippen molar-refractivity contribution >= 4 is 0 Å². The van der Waals surface area contributed by atoms with Crippen LogP contribution in [0.3, 0.4) is 0 Å². The fourth-order valence-electron chi connectivity index (χ4n) is 2.45. The molecule has 0 atom stereocenters. The van der Waals surface area contributed by atoms with Crippen molar-refractivity contribution in [2.75, 3.05) is 13.1 Å². The molecule has 0 radical (unpaired) electrons. The largest absolute Gasteiger partial charge is 0.364 e. The molecule has 0 bridgehead atoms. The number of hydrogen-bond donors (Lipinski definition) is 1. The van der Waals surface area contributed by atoms with Crippen LogP contribution in [0.15, 0.2) is 39.6 Å². The van der Waals surface area contributed by atoms with Gasteiger partial charge in [-0.3, -0.25) is 0 Å². The fraction of sp³-hybridized carbons (Fsp3) is 0.267. The fourth-order valence-corrected chi connectivity index (χ4v) is 2.45. The molecule has 1 aliphatic rings. The van der Waals surface area contributed by atoms with Crippen molar-refractivity contribution < 1.29 is 9.05 Å². The number of nitrogens with zero attached hydrogens (tertiary/aromatic N) is 3. The van der Waals surface area contributed by atoms with Gasteiger partial charge in [0.2, 0.25) is 5.82 Å². The highest BCUT2D eigenvalue weighted by Gasteiger charge is 2.28. The van der Waals surface area contributed by atoms with Crippen LogP contribution in [0, 0.1) is 6.92 Å². The molecule has 1 aliphatic heterocycles. The van der Waals surface area contributed by atoms with Gasteiger partial charge in [0.05, 0.1) is 0 Å². The van der Waals surface area contributed by atoms with Crippen LogP contribution in [-0.2, 0) is 0 Å². The minimum absolute atomic E-state index is 0.354. The van der Waals surface area contributed by atoms with Crippen molar-refractivity contribution in [3.05, 3.63) is 41.8 Å². The molecule has 6 heteroatoms. The van der Waals surface area contributed by atoms with Crippen LogP contribution in [0.5, 0.6) is 0 Å². The third-order valence-corrected chi connectivity index (χ3v) is 3.81. The van der Waals surface area contributed by atoms with E-state index in [1.54, 1.807) is 6.26 Å². The van der Waals surface area contributed by atoms with E-state index in [1.165, 1.54) is 0 Å². The van der Waals surface area contributed by atoms with Crippen LogP contribution in [0.1, 0.15) is 17.2 Å². The number of aromatic nitrogens is 3. The molecule has 3 aromatic rings. The summed E-state index contributed by atoms with van der Waals surface area (Å²) in [7, 11) is 0. The average molecular weight is 282 g/mol. The molecule has 0 saturated carbocycles. The van der Waals surface area contributed by atoms with Crippen molar-refractivity contribution in [3.8, 4) is 22.8 Å². The normalized spacial score (nSPS) is 15.1. The lowest BCUT2D eigenvalue weighted by molar-refractivity contribution is 0.377. The van der Waals surface area contributed by atoms with Crippen LogP contribution >= 0.6 is 0 Å². The molecule has 106 valence electrons. The predicted molar refractivity (Wildman–Crippen MR) is 75.6 cm³/mol. The molecule has 6 nitrogen and oxygen atoms in total. The Balaban J connectivity index is 1.72. The Labute approximate surface area is 121 Å². The smallest absolute Gasteiger partial charge is 0.263 e. The average Bonchev–Trinajstić information content (AvgIpc) is 3.06. The van der Waals surface area contributed by atoms with Gasteiger partial charge in [-0.25, -0.2) is 0 Å². The van der Waals surface area contributed by atoms with E-state index >= 15 is 0 Å². The van der Waals surface area contributed by atoms with E-state index in [1.807, 2.05) is 31.2 Å². The molecule has 1 N–H and O–H groups in total. The first kappa shape index (κ1) is 12.3. The zero-order chi connectivity index (χ0) is 14.2. The number of benzene rings is 1. The van der Waals surface area contributed by atoms with Crippen LogP contribution in [0.2, 0.25) is 0 Å². The molecule has 0 unspecified atom stereocenters. The zero-order valence-electron chi connectivity index (χ0n) is 11.5. The van der Waals surface area contributed by atoms with Crippen LogP contribution in [0.25, 0.3) is 22.8 Å². The van der Waals surface area contributed by atoms with Gasteiger partial charge in [0.15, 0.2) is 0 Å². The first-order valence-electron chi connectivity index (χ1n) is 6.88. The lowest BCUT2D eigenvalue weighted by Gasteiger charge is -2.25. The van der Waals surface area contributed by atoms with Gasteiger partial charge in [-0.1, -0.05) is 34.6 Å². The highest BCUT2D eigenvalue weighted by atomic mass is 16.5. The first-order valence-corrected chi connectivity index (χ1v) is 6.88. The quantitative estimate of drug-likeness (QED) is 0.794. The highest BCUT2D eigenvalue weighted by Crippen LogP contribution is 2.31. The van der Waals surface area contributed by atoms with Crippen molar-refractivity contribution in [2.24, 2.45) is 0 Å². The summed E-state index contributed by atoms with van der Waals surface area (Å²) in [6, 6.07) is 7.95. The van der Waals surface area contributed by atoms with Gasteiger partial charge in [-0.2, -0.15) is 4.98 Å². The molecule has 0 amide bonds. The Morgan fingerprint density at radius 3 is 2.76 bits per heavy atom. The number of nitrogens with one attached hydrogen (secondary N) is 1. The van der Waals surface area contributed by atoms with Crippen LogP contribution in [-0.4, -0.2) is 28.4 Å². The Kier molecular flexibility index (Phi) is 2.82. The minimum atomic E-state index is 0.354. The number of rotatable bonds is 3. The van der Waals surface area contributed by atoms with Crippen molar-refractivity contribution in [1.29, 1.82) is 0 Å². The van der Waals surface area contributed by atoms with E-state index < -0.39 is 0 Å². The van der Waals surface area contributed by atoms with Crippen molar-refractivity contribution in [2.45, 2.75) is 12.8 Å². The predicted octanol–water partition coefficient (Wildman–Crippen LogP) is 2.39. The molecule has 3 heterocycles. The lowest BCUT2D eigenvalue weighted by atomic mass is 9.96. The zero-order valence-corrected chi connectivity index (χ0v) is 11.5. The summed E-state index contributed by atoms with van der Waals surface area (Å²) in [6.45, 7) is 3.83. The SMILES string of the molecule is Cc1ccccc1-c1noc(-c2conc2C2CNC2)n1.